The summed E-state index contributed by atoms with van der Waals surface area (Å²) in [6, 6.07) is 4.40. The molecule has 0 aliphatic heterocycles. The van der Waals surface area contributed by atoms with Crippen molar-refractivity contribution in [1.29, 1.82) is 0 Å². The first-order valence-electron chi connectivity index (χ1n) is 5.35. The molecule has 0 fully saturated rings. The summed E-state index contributed by atoms with van der Waals surface area (Å²) in [6.07, 6.45) is 0. The SMILES string of the molecule is COCCN(CC(=O)O)c1cc(Br)ccc1[N+](=O)[O-]. The first-order chi connectivity index (χ1) is 8.95. The lowest BCUT2D eigenvalue weighted by Crippen LogP contribution is -2.33. The monoisotopic (exact) mass is 332 g/mol. The fourth-order valence-electron chi connectivity index (χ4n) is 1.55. The zero-order chi connectivity index (χ0) is 14.4. The van der Waals surface area contributed by atoms with E-state index < -0.39 is 10.9 Å². The van der Waals surface area contributed by atoms with Crippen molar-refractivity contribution in [2.24, 2.45) is 0 Å². The number of aliphatic carboxylic acids is 1. The lowest BCUT2D eigenvalue weighted by atomic mass is 10.2. The van der Waals surface area contributed by atoms with Crippen LogP contribution < -0.4 is 4.90 Å². The van der Waals surface area contributed by atoms with E-state index in [0.717, 1.165) is 0 Å². The first kappa shape index (κ1) is 15.4. The highest BCUT2D eigenvalue weighted by Crippen LogP contribution is 2.31. The van der Waals surface area contributed by atoms with Gasteiger partial charge >= 0.3 is 5.97 Å². The number of hydrogen-bond donors (Lipinski definition) is 1. The van der Waals surface area contributed by atoms with E-state index in [1.807, 2.05) is 0 Å². The molecule has 1 aromatic rings. The van der Waals surface area contributed by atoms with Gasteiger partial charge in [0.15, 0.2) is 0 Å². The van der Waals surface area contributed by atoms with E-state index in [4.69, 9.17) is 9.84 Å². The minimum atomic E-state index is -1.06. The number of carboxylic acid groups (broad SMARTS) is 1. The van der Waals surface area contributed by atoms with E-state index >= 15 is 0 Å². The van der Waals surface area contributed by atoms with Gasteiger partial charge in [-0.05, 0) is 12.1 Å². The Bertz CT molecular complexity index is 480. The van der Waals surface area contributed by atoms with Crippen molar-refractivity contribution in [2.75, 3.05) is 31.7 Å². The van der Waals surface area contributed by atoms with Crippen LogP contribution in [0.5, 0.6) is 0 Å². The molecule has 1 aromatic carbocycles. The molecule has 0 aliphatic rings. The van der Waals surface area contributed by atoms with Crippen molar-refractivity contribution >= 4 is 33.3 Å². The van der Waals surface area contributed by atoms with Gasteiger partial charge in [0, 0.05) is 24.2 Å². The molecule has 0 unspecified atom stereocenters. The quantitative estimate of drug-likeness (QED) is 0.605. The molecule has 19 heavy (non-hydrogen) atoms. The van der Waals surface area contributed by atoms with Gasteiger partial charge in [-0.25, -0.2) is 0 Å². The highest BCUT2D eigenvalue weighted by molar-refractivity contribution is 9.10. The fraction of sp³-hybridized carbons (Fsp3) is 0.364. The van der Waals surface area contributed by atoms with Crippen LogP contribution in [-0.4, -0.2) is 42.8 Å². The summed E-state index contributed by atoms with van der Waals surface area (Å²) >= 11 is 3.22. The second kappa shape index (κ2) is 7.05. The van der Waals surface area contributed by atoms with Gasteiger partial charge in [-0.2, -0.15) is 0 Å². The van der Waals surface area contributed by atoms with Gasteiger partial charge in [-0.3, -0.25) is 14.9 Å². The summed E-state index contributed by atoms with van der Waals surface area (Å²) in [4.78, 5) is 22.7. The molecule has 0 spiro atoms. The normalized spacial score (nSPS) is 10.2. The Morgan fingerprint density at radius 3 is 2.79 bits per heavy atom. The standard InChI is InChI=1S/C11H13BrN2O5/c1-19-5-4-13(7-11(15)16)10-6-8(12)2-3-9(10)14(17)18/h2-3,6H,4-5,7H2,1H3,(H,15,16). The zero-order valence-corrected chi connectivity index (χ0v) is 11.8. The van der Waals surface area contributed by atoms with Crippen LogP contribution in [-0.2, 0) is 9.53 Å². The Kier molecular flexibility index (Phi) is 5.71. The van der Waals surface area contributed by atoms with Crippen LogP contribution in [0.3, 0.4) is 0 Å². The summed E-state index contributed by atoms with van der Waals surface area (Å²) in [5.74, 6) is -1.06. The van der Waals surface area contributed by atoms with Gasteiger partial charge in [-0.15, -0.1) is 0 Å². The molecule has 1 rings (SSSR count). The molecule has 0 heterocycles. The topological polar surface area (TPSA) is 92.9 Å². The number of nitrogens with zero attached hydrogens (tertiary/aromatic N) is 2. The molecular weight excluding hydrogens is 320 g/mol. The van der Waals surface area contributed by atoms with Gasteiger partial charge in [-0.1, -0.05) is 15.9 Å². The van der Waals surface area contributed by atoms with Crippen LogP contribution in [0.25, 0.3) is 0 Å². The number of carbonyl (C=O) groups is 1. The Morgan fingerprint density at radius 1 is 1.58 bits per heavy atom. The zero-order valence-electron chi connectivity index (χ0n) is 10.2. The maximum absolute atomic E-state index is 11.0. The average molecular weight is 333 g/mol. The third kappa shape index (κ3) is 4.49. The molecule has 0 aliphatic carbocycles. The second-order valence-electron chi connectivity index (χ2n) is 3.70. The van der Waals surface area contributed by atoms with Gasteiger partial charge < -0.3 is 14.7 Å². The van der Waals surface area contributed by atoms with Crippen LogP contribution in [0, 0.1) is 10.1 Å². The van der Waals surface area contributed by atoms with Crippen molar-refractivity contribution in [2.45, 2.75) is 0 Å². The molecule has 0 radical (unpaired) electrons. The van der Waals surface area contributed by atoms with Crippen molar-refractivity contribution in [1.82, 2.24) is 0 Å². The summed E-state index contributed by atoms with van der Waals surface area (Å²) in [5.41, 5.74) is 0.111. The molecule has 0 aromatic heterocycles. The number of nitro benzene ring substituents is 1. The van der Waals surface area contributed by atoms with Crippen LogP contribution in [0.15, 0.2) is 22.7 Å². The molecule has 0 atom stereocenters. The number of halogens is 1. The maximum Gasteiger partial charge on any atom is 0.323 e. The van der Waals surface area contributed by atoms with Gasteiger partial charge in [0.1, 0.15) is 12.2 Å². The molecule has 0 saturated heterocycles. The predicted octanol–water partition coefficient (Wildman–Crippen LogP) is 1.89. The number of carboxylic acids is 1. The van der Waals surface area contributed by atoms with Crippen molar-refractivity contribution in [3.8, 4) is 0 Å². The van der Waals surface area contributed by atoms with Crippen LogP contribution in [0.1, 0.15) is 0 Å². The number of benzene rings is 1. The predicted molar refractivity (Wildman–Crippen MR) is 72.5 cm³/mol. The summed E-state index contributed by atoms with van der Waals surface area (Å²) in [5, 5.41) is 19.9. The molecular formula is C11H13BrN2O5. The molecule has 0 bridgehead atoms. The maximum atomic E-state index is 11.0. The van der Waals surface area contributed by atoms with Gasteiger partial charge in [0.25, 0.3) is 5.69 Å². The summed E-state index contributed by atoms with van der Waals surface area (Å²) in [7, 11) is 1.48. The number of hydrogen-bond acceptors (Lipinski definition) is 5. The first-order valence-corrected chi connectivity index (χ1v) is 6.14. The number of rotatable bonds is 7. The number of ether oxygens (including phenoxy) is 1. The van der Waals surface area contributed by atoms with Crippen LogP contribution >= 0.6 is 15.9 Å². The Labute approximate surface area is 118 Å². The van der Waals surface area contributed by atoms with Crippen molar-refractivity contribution in [3.05, 3.63) is 32.8 Å². The van der Waals surface area contributed by atoms with E-state index in [-0.39, 0.29) is 31.1 Å². The van der Waals surface area contributed by atoms with Crippen LogP contribution in [0.4, 0.5) is 11.4 Å². The molecule has 0 saturated carbocycles. The van der Waals surface area contributed by atoms with E-state index in [1.54, 1.807) is 0 Å². The number of methoxy groups -OCH3 is 1. The molecule has 0 amide bonds. The van der Waals surface area contributed by atoms with Gasteiger partial charge in [0.2, 0.25) is 0 Å². The number of nitro groups is 1. The fourth-order valence-corrected chi connectivity index (χ4v) is 1.90. The molecule has 1 N–H and O–H groups in total. The lowest BCUT2D eigenvalue weighted by molar-refractivity contribution is -0.384. The Balaban J connectivity index is 3.14. The van der Waals surface area contributed by atoms with E-state index in [1.165, 1.54) is 30.2 Å². The third-order valence-electron chi connectivity index (χ3n) is 2.37. The van der Waals surface area contributed by atoms with E-state index in [2.05, 4.69) is 15.9 Å². The van der Waals surface area contributed by atoms with Crippen molar-refractivity contribution in [3.63, 3.8) is 0 Å². The minimum Gasteiger partial charge on any atom is -0.480 e. The molecule has 7 nitrogen and oxygen atoms in total. The second-order valence-corrected chi connectivity index (χ2v) is 4.61. The largest absolute Gasteiger partial charge is 0.480 e. The Hall–Kier alpha value is -1.67. The van der Waals surface area contributed by atoms with Crippen LogP contribution in [0.2, 0.25) is 0 Å². The highest BCUT2D eigenvalue weighted by atomic mass is 79.9. The highest BCUT2D eigenvalue weighted by Gasteiger charge is 2.21. The number of anilines is 1. The summed E-state index contributed by atoms with van der Waals surface area (Å²) < 4.78 is 5.53. The molecule has 8 heteroatoms. The van der Waals surface area contributed by atoms with Crippen molar-refractivity contribution < 1.29 is 19.6 Å². The van der Waals surface area contributed by atoms with Gasteiger partial charge in [0.05, 0.1) is 11.5 Å². The smallest absolute Gasteiger partial charge is 0.323 e. The minimum absolute atomic E-state index is 0.138. The Morgan fingerprint density at radius 2 is 2.26 bits per heavy atom. The summed E-state index contributed by atoms with van der Waals surface area (Å²) in [6.45, 7) is 0.192. The average Bonchev–Trinajstić information content (AvgIpc) is 2.33. The molecule has 104 valence electrons. The van der Waals surface area contributed by atoms with E-state index in [0.29, 0.717) is 4.47 Å². The third-order valence-corrected chi connectivity index (χ3v) is 2.86. The lowest BCUT2D eigenvalue weighted by Gasteiger charge is -2.22. The van der Waals surface area contributed by atoms with E-state index in [9.17, 15) is 14.9 Å².